The molecule has 2 aromatic rings. The van der Waals surface area contributed by atoms with E-state index in [-0.39, 0.29) is 31.2 Å². The molecule has 1 unspecified atom stereocenters. The fourth-order valence-electron chi connectivity index (χ4n) is 2.89. The van der Waals surface area contributed by atoms with Gasteiger partial charge >= 0.3 is 0 Å². The van der Waals surface area contributed by atoms with Gasteiger partial charge in [0.15, 0.2) is 11.4 Å². The van der Waals surface area contributed by atoms with Crippen molar-refractivity contribution in [2.75, 3.05) is 6.54 Å². The number of nitrogens with zero attached hydrogens (tertiary/aromatic N) is 3. The summed E-state index contributed by atoms with van der Waals surface area (Å²) in [5.74, 6) is -1.08. The van der Waals surface area contributed by atoms with Crippen molar-refractivity contribution >= 4 is 29.1 Å². The quantitative estimate of drug-likeness (QED) is 0.890. The number of hydrogen-bond acceptors (Lipinski definition) is 4. The Bertz CT molecular complexity index is 949. The van der Waals surface area contributed by atoms with Crippen molar-refractivity contribution < 1.29 is 9.90 Å². The second kappa shape index (κ2) is 6.79. The number of carbonyl (C=O) groups excluding carboxylic acids is 1. The Labute approximate surface area is 153 Å². The van der Waals surface area contributed by atoms with E-state index >= 15 is 0 Å². The first kappa shape index (κ1) is 17.3. The lowest BCUT2D eigenvalue weighted by Crippen LogP contribution is -2.43. The van der Waals surface area contributed by atoms with Crippen LogP contribution in [0.5, 0.6) is 5.75 Å². The second-order valence-corrected chi connectivity index (χ2v) is 6.55. The van der Waals surface area contributed by atoms with E-state index in [1.165, 1.54) is 21.7 Å². The van der Waals surface area contributed by atoms with Gasteiger partial charge in [-0.15, -0.1) is 0 Å². The van der Waals surface area contributed by atoms with E-state index in [9.17, 15) is 14.7 Å². The van der Waals surface area contributed by atoms with E-state index in [2.05, 4.69) is 6.07 Å². The SMILES string of the molecule is N#CCC1CN(Cc2ccc(Cl)c(Cl)c2)C(=O)c2c(O)c(=O)ccn21. The first-order valence-corrected chi connectivity index (χ1v) is 8.22. The summed E-state index contributed by atoms with van der Waals surface area (Å²) in [4.78, 5) is 26.0. The molecule has 0 saturated carbocycles. The Kier molecular flexibility index (Phi) is 4.71. The van der Waals surface area contributed by atoms with Crippen LogP contribution in [-0.2, 0) is 6.54 Å². The maximum atomic E-state index is 12.8. The largest absolute Gasteiger partial charge is 0.503 e. The predicted octanol–water partition coefficient (Wildman–Crippen LogP) is 2.97. The number of halogens is 2. The standard InChI is InChI=1S/C17H13Cl2N3O3/c18-12-2-1-10(7-13(12)19)8-21-9-11(3-5-20)22-6-4-14(23)16(24)15(22)17(21)25/h1-2,4,6-7,11,24H,3,8-9H2. The number of benzene rings is 1. The highest BCUT2D eigenvalue weighted by atomic mass is 35.5. The molecule has 1 aromatic carbocycles. The Morgan fingerprint density at radius 1 is 1.24 bits per heavy atom. The van der Waals surface area contributed by atoms with Crippen LogP contribution in [-0.4, -0.2) is 27.0 Å². The summed E-state index contributed by atoms with van der Waals surface area (Å²) < 4.78 is 1.49. The molecule has 0 radical (unpaired) electrons. The zero-order chi connectivity index (χ0) is 18.1. The number of amides is 1. The lowest BCUT2D eigenvalue weighted by molar-refractivity contribution is 0.0646. The maximum absolute atomic E-state index is 12.8. The van der Waals surface area contributed by atoms with Crippen LogP contribution in [0.2, 0.25) is 10.0 Å². The number of aromatic nitrogens is 1. The molecule has 8 heteroatoms. The Morgan fingerprint density at radius 3 is 2.68 bits per heavy atom. The van der Waals surface area contributed by atoms with Gasteiger partial charge in [-0.25, -0.2) is 0 Å². The Balaban J connectivity index is 2.00. The average Bonchev–Trinajstić information content (AvgIpc) is 2.58. The van der Waals surface area contributed by atoms with Gasteiger partial charge in [0.25, 0.3) is 5.91 Å². The summed E-state index contributed by atoms with van der Waals surface area (Å²) in [6.45, 7) is 0.502. The molecule has 0 aliphatic carbocycles. The fourth-order valence-corrected chi connectivity index (χ4v) is 3.22. The van der Waals surface area contributed by atoms with Crippen molar-refractivity contribution in [1.82, 2.24) is 9.47 Å². The summed E-state index contributed by atoms with van der Waals surface area (Å²) in [7, 11) is 0. The van der Waals surface area contributed by atoms with E-state index in [4.69, 9.17) is 28.5 Å². The molecular weight excluding hydrogens is 365 g/mol. The number of aromatic hydroxyl groups is 1. The maximum Gasteiger partial charge on any atom is 0.274 e. The van der Waals surface area contributed by atoms with Crippen molar-refractivity contribution in [3.05, 3.63) is 62.0 Å². The molecule has 3 rings (SSSR count). The molecule has 1 aliphatic heterocycles. The number of rotatable bonds is 3. The van der Waals surface area contributed by atoms with Gasteiger partial charge in [-0.05, 0) is 17.7 Å². The fraction of sp³-hybridized carbons (Fsp3) is 0.235. The van der Waals surface area contributed by atoms with Crippen molar-refractivity contribution in [3.63, 3.8) is 0 Å². The van der Waals surface area contributed by atoms with E-state index in [0.29, 0.717) is 10.0 Å². The van der Waals surface area contributed by atoms with Gasteiger partial charge in [-0.3, -0.25) is 9.59 Å². The summed E-state index contributed by atoms with van der Waals surface area (Å²) in [5.41, 5.74) is 0.0235. The van der Waals surface area contributed by atoms with Gasteiger partial charge < -0.3 is 14.6 Å². The van der Waals surface area contributed by atoms with Gasteiger partial charge in [0.1, 0.15) is 0 Å². The highest BCUT2D eigenvalue weighted by Crippen LogP contribution is 2.29. The Morgan fingerprint density at radius 2 is 2.00 bits per heavy atom. The van der Waals surface area contributed by atoms with Gasteiger partial charge in [0.2, 0.25) is 5.43 Å². The molecule has 1 atom stereocenters. The lowest BCUT2D eigenvalue weighted by atomic mass is 10.1. The molecule has 1 N–H and O–H groups in total. The molecule has 1 aliphatic rings. The summed E-state index contributed by atoms with van der Waals surface area (Å²) >= 11 is 11.9. The highest BCUT2D eigenvalue weighted by Gasteiger charge is 2.33. The van der Waals surface area contributed by atoms with Crippen LogP contribution in [0.25, 0.3) is 0 Å². The highest BCUT2D eigenvalue weighted by molar-refractivity contribution is 6.42. The molecule has 0 spiro atoms. The minimum Gasteiger partial charge on any atom is -0.503 e. The Hall–Kier alpha value is -2.49. The van der Waals surface area contributed by atoms with Crippen LogP contribution in [0.3, 0.4) is 0 Å². The minimum absolute atomic E-state index is 0.0981. The smallest absolute Gasteiger partial charge is 0.274 e. The molecule has 1 aromatic heterocycles. The van der Waals surface area contributed by atoms with Crippen molar-refractivity contribution in [1.29, 1.82) is 5.26 Å². The molecule has 0 fully saturated rings. The summed E-state index contributed by atoms with van der Waals surface area (Å²) in [5, 5.41) is 19.9. The molecule has 1 amide bonds. The van der Waals surface area contributed by atoms with Crippen molar-refractivity contribution in [2.24, 2.45) is 0 Å². The van der Waals surface area contributed by atoms with Crippen LogP contribution < -0.4 is 5.43 Å². The van der Waals surface area contributed by atoms with E-state index < -0.39 is 17.1 Å². The molecular formula is C17H13Cl2N3O3. The van der Waals surface area contributed by atoms with Crippen LogP contribution in [0.15, 0.2) is 35.3 Å². The van der Waals surface area contributed by atoms with Crippen LogP contribution in [0, 0.1) is 11.3 Å². The molecule has 0 bridgehead atoms. The topological polar surface area (TPSA) is 86.3 Å². The molecule has 128 valence electrons. The third-order valence-corrected chi connectivity index (χ3v) is 4.84. The van der Waals surface area contributed by atoms with Gasteiger partial charge in [-0.1, -0.05) is 29.3 Å². The normalized spacial score (nSPS) is 16.4. The monoisotopic (exact) mass is 377 g/mol. The number of nitriles is 1. The zero-order valence-electron chi connectivity index (χ0n) is 12.9. The number of pyridine rings is 1. The van der Waals surface area contributed by atoms with Gasteiger partial charge in [0, 0.05) is 25.4 Å². The minimum atomic E-state index is -0.633. The average molecular weight is 378 g/mol. The lowest BCUT2D eigenvalue weighted by Gasteiger charge is -2.35. The molecule has 6 nitrogen and oxygen atoms in total. The van der Waals surface area contributed by atoms with Gasteiger partial charge in [-0.2, -0.15) is 5.26 Å². The molecule has 0 saturated heterocycles. The number of hydrogen-bond donors (Lipinski definition) is 1. The first-order valence-electron chi connectivity index (χ1n) is 7.46. The van der Waals surface area contributed by atoms with Crippen molar-refractivity contribution in [3.8, 4) is 11.8 Å². The first-order chi connectivity index (χ1) is 11.9. The predicted molar refractivity (Wildman–Crippen MR) is 92.8 cm³/mol. The summed E-state index contributed by atoms with van der Waals surface area (Å²) in [6.07, 6.45) is 1.58. The molecule has 2 heterocycles. The van der Waals surface area contributed by atoms with Crippen LogP contribution in [0.1, 0.15) is 28.5 Å². The van der Waals surface area contributed by atoms with Crippen LogP contribution in [0.4, 0.5) is 0 Å². The van der Waals surface area contributed by atoms with Crippen molar-refractivity contribution in [2.45, 2.75) is 19.0 Å². The molecule has 25 heavy (non-hydrogen) atoms. The van der Waals surface area contributed by atoms with Crippen LogP contribution >= 0.6 is 23.2 Å². The second-order valence-electron chi connectivity index (χ2n) is 5.73. The number of fused-ring (bicyclic) bond motifs is 1. The third kappa shape index (κ3) is 3.21. The van der Waals surface area contributed by atoms with E-state index in [1.807, 2.05) is 0 Å². The zero-order valence-corrected chi connectivity index (χ0v) is 14.5. The van der Waals surface area contributed by atoms with E-state index in [1.54, 1.807) is 18.2 Å². The third-order valence-electron chi connectivity index (χ3n) is 4.10. The van der Waals surface area contributed by atoms with Gasteiger partial charge in [0.05, 0.1) is 28.6 Å². The van der Waals surface area contributed by atoms with E-state index in [0.717, 1.165) is 5.56 Å². The number of carbonyl (C=O) groups is 1. The summed E-state index contributed by atoms with van der Waals surface area (Å²) in [6, 6.07) is 7.94.